The first kappa shape index (κ1) is 14.2. The maximum absolute atomic E-state index is 13.0. The average Bonchev–Trinajstić information content (AvgIpc) is 2.38. The van der Waals surface area contributed by atoms with Crippen molar-refractivity contribution in [3.05, 3.63) is 69.4 Å². The van der Waals surface area contributed by atoms with E-state index >= 15 is 0 Å². The minimum atomic E-state index is -0.220. The van der Waals surface area contributed by atoms with Crippen LogP contribution in [0.5, 0.6) is 0 Å². The van der Waals surface area contributed by atoms with Crippen LogP contribution < -0.4 is 5.32 Å². The molecule has 0 unspecified atom stereocenters. The van der Waals surface area contributed by atoms with Crippen LogP contribution in [-0.2, 0) is 6.54 Å². The van der Waals surface area contributed by atoms with Gasteiger partial charge in [-0.1, -0.05) is 46.3 Å². The first-order valence-corrected chi connectivity index (χ1v) is 7.10. The summed E-state index contributed by atoms with van der Waals surface area (Å²) >= 11 is 3.39. The summed E-state index contributed by atoms with van der Waals surface area (Å²) < 4.78 is 13.8. The molecule has 0 bridgehead atoms. The van der Waals surface area contributed by atoms with Crippen molar-refractivity contribution in [1.82, 2.24) is 5.32 Å². The molecule has 2 aromatic carbocycles. The van der Waals surface area contributed by atoms with E-state index in [1.807, 2.05) is 12.1 Å². The van der Waals surface area contributed by atoms with Crippen molar-refractivity contribution in [2.45, 2.75) is 26.4 Å². The largest absolute Gasteiger partial charge is 0.306 e. The van der Waals surface area contributed by atoms with Gasteiger partial charge in [-0.2, -0.15) is 0 Å². The molecule has 100 valence electrons. The zero-order valence-corrected chi connectivity index (χ0v) is 12.7. The second-order valence-electron chi connectivity index (χ2n) is 4.69. The summed E-state index contributed by atoms with van der Waals surface area (Å²) in [6.45, 7) is 4.96. The molecule has 3 heteroatoms. The highest BCUT2D eigenvalue weighted by atomic mass is 79.9. The second kappa shape index (κ2) is 6.31. The lowest BCUT2D eigenvalue weighted by Gasteiger charge is -2.17. The number of hydrogen-bond acceptors (Lipinski definition) is 1. The molecule has 2 aromatic rings. The third kappa shape index (κ3) is 3.64. The Morgan fingerprint density at radius 3 is 2.63 bits per heavy atom. The highest BCUT2D eigenvalue weighted by Gasteiger charge is 2.08. The fourth-order valence-corrected chi connectivity index (χ4v) is 2.60. The first-order valence-electron chi connectivity index (χ1n) is 6.31. The zero-order valence-electron chi connectivity index (χ0n) is 11.1. The maximum atomic E-state index is 13.0. The van der Waals surface area contributed by atoms with Gasteiger partial charge in [-0.15, -0.1) is 0 Å². The number of halogens is 2. The molecule has 19 heavy (non-hydrogen) atoms. The third-order valence-corrected chi connectivity index (χ3v) is 4.01. The van der Waals surface area contributed by atoms with E-state index in [4.69, 9.17) is 0 Å². The number of rotatable bonds is 4. The zero-order chi connectivity index (χ0) is 13.8. The van der Waals surface area contributed by atoms with Crippen LogP contribution in [0.3, 0.4) is 0 Å². The smallest absolute Gasteiger partial charge is 0.124 e. The van der Waals surface area contributed by atoms with E-state index in [1.165, 1.54) is 23.3 Å². The van der Waals surface area contributed by atoms with E-state index in [-0.39, 0.29) is 11.9 Å². The van der Waals surface area contributed by atoms with Crippen LogP contribution in [0.1, 0.15) is 29.7 Å². The maximum Gasteiger partial charge on any atom is 0.124 e. The topological polar surface area (TPSA) is 12.0 Å². The van der Waals surface area contributed by atoms with Crippen LogP contribution in [0.4, 0.5) is 4.39 Å². The SMILES string of the molecule is Cc1ccccc1[C@H](C)NCc1ccc(F)cc1Br. The minimum absolute atomic E-state index is 0.220. The van der Waals surface area contributed by atoms with Gasteiger partial charge < -0.3 is 5.32 Å². The molecule has 1 N–H and O–H groups in total. The Morgan fingerprint density at radius 2 is 1.95 bits per heavy atom. The van der Waals surface area contributed by atoms with E-state index in [9.17, 15) is 4.39 Å². The predicted molar refractivity (Wildman–Crippen MR) is 80.5 cm³/mol. The highest BCUT2D eigenvalue weighted by Crippen LogP contribution is 2.21. The van der Waals surface area contributed by atoms with Crippen molar-refractivity contribution in [3.8, 4) is 0 Å². The van der Waals surface area contributed by atoms with Gasteiger partial charge in [0.15, 0.2) is 0 Å². The molecule has 0 aliphatic heterocycles. The molecule has 0 heterocycles. The van der Waals surface area contributed by atoms with Gasteiger partial charge in [0, 0.05) is 17.1 Å². The van der Waals surface area contributed by atoms with E-state index < -0.39 is 0 Å². The summed E-state index contributed by atoms with van der Waals surface area (Å²) in [5.41, 5.74) is 3.63. The van der Waals surface area contributed by atoms with Gasteiger partial charge in [0.2, 0.25) is 0 Å². The summed E-state index contributed by atoms with van der Waals surface area (Å²) in [5, 5.41) is 3.46. The Bertz CT molecular complexity index is 568. The summed E-state index contributed by atoms with van der Waals surface area (Å²) in [6, 6.07) is 13.4. The van der Waals surface area contributed by atoms with Gasteiger partial charge >= 0.3 is 0 Å². The average molecular weight is 322 g/mol. The normalized spacial score (nSPS) is 12.4. The Labute approximate surface area is 122 Å². The van der Waals surface area contributed by atoms with Crippen LogP contribution in [-0.4, -0.2) is 0 Å². The molecule has 0 aliphatic rings. The molecule has 0 aromatic heterocycles. The van der Waals surface area contributed by atoms with Crippen molar-refractivity contribution in [2.75, 3.05) is 0 Å². The highest BCUT2D eigenvalue weighted by molar-refractivity contribution is 9.10. The Balaban J connectivity index is 2.04. The molecule has 0 radical (unpaired) electrons. The van der Waals surface area contributed by atoms with Gasteiger partial charge in [0.25, 0.3) is 0 Å². The first-order chi connectivity index (χ1) is 9.08. The molecule has 0 aliphatic carbocycles. The van der Waals surface area contributed by atoms with E-state index in [0.717, 1.165) is 10.0 Å². The molecule has 1 nitrogen and oxygen atoms in total. The molecule has 0 amide bonds. The number of aryl methyl sites for hydroxylation is 1. The molecule has 0 saturated heterocycles. The Morgan fingerprint density at radius 1 is 1.21 bits per heavy atom. The lowest BCUT2D eigenvalue weighted by molar-refractivity contribution is 0.569. The van der Waals surface area contributed by atoms with Crippen molar-refractivity contribution < 1.29 is 4.39 Å². The Hall–Kier alpha value is -1.19. The molecule has 0 saturated carbocycles. The number of nitrogens with one attached hydrogen (secondary N) is 1. The predicted octanol–water partition coefficient (Wildman–Crippen LogP) is 4.75. The van der Waals surface area contributed by atoms with Crippen LogP contribution >= 0.6 is 15.9 Å². The van der Waals surface area contributed by atoms with Crippen molar-refractivity contribution in [2.24, 2.45) is 0 Å². The van der Waals surface area contributed by atoms with Gasteiger partial charge in [-0.25, -0.2) is 4.39 Å². The van der Waals surface area contributed by atoms with Gasteiger partial charge in [-0.3, -0.25) is 0 Å². The second-order valence-corrected chi connectivity index (χ2v) is 5.55. The van der Waals surface area contributed by atoms with Crippen LogP contribution in [0.2, 0.25) is 0 Å². The van der Waals surface area contributed by atoms with Crippen molar-refractivity contribution in [3.63, 3.8) is 0 Å². The summed E-state index contributed by atoms with van der Waals surface area (Å²) in [5.74, 6) is -0.220. The lowest BCUT2D eigenvalue weighted by Crippen LogP contribution is -2.19. The van der Waals surface area contributed by atoms with E-state index in [1.54, 1.807) is 6.07 Å². The molecule has 0 fully saturated rings. The van der Waals surface area contributed by atoms with E-state index in [0.29, 0.717) is 6.54 Å². The molecular weight excluding hydrogens is 305 g/mol. The Kier molecular flexibility index (Phi) is 4.72. The third-order valence-electron chi connectivity index (χ3n) is 3.27. The monoisotopic (exact) mass is 321 g/mol. The lowest BCUT2D eigenvalue weighted by atomic mass is 10.0. The summed E-state index contributed by atoms with van der Waals surface area (Å²) in [7, 11) is 0. The van der Waals surface area contributed by atoms with Crippen molar-refractivity contribution in [1.29, 1.82) is 0 Å². The summed E-state index contributed by atoms with van der Waals surface area (Å²) in [6.07, 6.45) is 0. The quantitative estimate of drug-likeness (QED) is 0.857. The molecular formula is C16H17BrFN. The number of hydrogen-bond donors (Lipinski definition) is 1. The fraction of sp³-hybridized carbons (Fsp3) is 0.250. The number of benzene rings is 2. The van der Waals surface area contributed by atoms with Gasteiger partial charge in [-0.05, 0) is 42.7 Å². The fourth-order valence-electron chi connectivity index (χ4n) is 2.11. The standard InChI is InChI=1S/C16H17BrFN/c1-11-5-3-4-6-15(11)12(2)19-10-13-7-8-14(18)9-16(13)17/h3-9,12,19H,10H2,1-2H3/t12-/m0/s1. The van der Waals surface area contributed by atoms with Gasteiger partial charge in [0.05, 0.1) is 0 Å². The van der Waals surface area contributed by atoms with E-state index in [2.05, 4.69) is 47.2 Å². The molecule has 0 spiro atoms. The summed E-state index contributed by atoms with van der Waals surface area (Å²) in [4.78, 5) is 0. The van der Waals surface area contributed by atoms with Gasteiger partial charge in [0.1, 0.15) is 5.82 Å². The minimum Gasteiger partial charge on any atom is -0.306 e. The molecule has 2 rings (SSSR count). The molecule has 1 atom stereocenters. The van der Waals surface area contributed by atoms with Crippen LogP contribution in [0.25, 0.3) is 0 Å². The van der Waals surface area contributed by atoms with Crippen LogP contribution in [0, 0.1) is 12.7 Å². The van der Waals surface area contributed by atoms with Crippen molar-refractivity contribution >= 4 is 15.9 Å². The van der Waals surface area contributed by atoms with Crippen LogP contribution in [0.15, 0.2) is 46.9 Å².